The van der Waals surface area contributed by atoms with Crippen LogP contribution in [0.15, 0.2) is 0 Å². The number of aliphatic hydroxyl groups is 2. The first-order valence-corrected chi connectivity index (χ1v) is 9.61. The zero-order valence-corrected chi connectivity index (χ0v) is 14.3. The topological polar surface area (TPSA) is 77.4 Å². The summed E-state index contributed by atoms with van der Waals surface area (Å²) in [7, 11) is 0. The normalized spacial score (nSPS) is 37.8. The van der Waals surface area contributed by atoms with Crippen molar-refractivity contribution >= 4 is 0 Å². The second kappa shape index (κ2) is 6.82. The van der Waals surface area contributed by atoms with Crippen molar-refractivity contribution in [2.75, 3.05) is 13.2 Å². The van der Waals surface area contributed by atoms with Gasteiger partial charge in [-0.15, -0.1) is 0 Å². The van der Waals surface area contributed by atoms with Gasteiger partial charge in [-0.05, 0) is 25.7 Å². The Kier molecular flexibility index (Phi) is 4.88. The van der Waals surface area contributed by atoms with Crippen molar-refractivity contribution in [1.82, 2.24) is 0 Å². The van der Waals surface area contributed by atoms with Crippen LogP contribution in [0.25, 0.3) is 0 Å². The molecule has 0 aromatic heterocycles. The van der Waals surface area contributed by atoms with Crippen molar-refractivity contribution in [2.45, 2.75) is 100 Å². The highest BCUT2D eigenvalue weighted by Gasteiger charge is 2.50. The molecule has 2 N–H and O–H groups in total. The highest BCUT2D eigenvalue weighted by molar-refractivity contribution is 4.93. The van der Waals surface area contributed by atoms with Crippen LogP contribution in [-0.2, 0) is 18.9 Å². The molecule has 4 atom stereocenters. The highest BCUT2D eigenvalue weighted by Crippen LogP contribution is 2.41. The largest absolute Gasteiger partial charge is 0.387 e. The molecule has 0 bridgehead atoms. The van der Waals surface area contributed by atoms with Crippen molar-refractivity contribution in [1.29, 1.82) is 0 Å². The van der Waals surface area contributed by atoms with E-state index in [9.17, 15) is 10.2 Å². The van der Waals surface area contributed by atoms with E-state index in [2.05, 4.69) is 0 Å². The molecule has 2 aliphatic carbocycles. The quantitative estimate of drug-likeness (QED) is 0.815. The fourth-order valence-corrected chi connectivity index (χ4v) is 4.64. The van der Waals surface area contributed by atoms with E-state index in [1.54, 1.807) is 0 Å². The Balaban J connectivity index is 1.34. The number of ether oxygens (including phenoxy) is 4. The van der Waals surface area contributed by atoms with E-state index in [0.29, 0.717) is 13.2 Å². The minimum absolute atomic E-state index is 0.330. The van der Waals surface area contributed by atoms with Gasteiger partial charge in [-0.2, -0.15) is 0 Å². The molecule has 0 amide bonds. The summed E-state index contributed by atoms with van der Waals surface area (Å²) in [6.07, 6.45) is 7.25. The second-order valence-corrected chi connectivity index (χ2v) is 7.86. The summed E-state index contributed by atoms with van der Waals surface area (Å²) in [5.74, 6) is -1.08. The molecule has 4 aliphatic rings. The third-order valence-corrected chi connectivity index (χ3v) is 6.10. The Morgan fingerprint density at radius 3 is 1.38 bits per heavy atom. The molecule has 24 heavy (non-hydrogen) atoms. The van der Waals surface area contributed by atoms with Crippen LogP contribution in [0.2, 0.25) is 0 Å². The van der Waals surface area contributed by atoms with Crippen LogP contribution in [0.5, 0.6) is 0 Å². The first-order valence-electron chi connectivity index (χ1n) is 9.61. The molecule has 4 fully saturated rings. The number of hydrogen-bond acceptors (Lipinski definition) is 6. The van der Waals surface area contributed by atoms with Crippen LogP contribution in [-0.4, -0.2) is 59.4 Å². The van der Waals surface area contributed by atoms with Gasteiger partial charge in [0, 0.05) is 25.7 Å². The van der Waals surface area contributed by atoms with Gasteiger partial charge < -0.3 is 29.2 Å². The van der Waals surface area contributed by atoms with Crippen molar-refractivity contribution in [3.05, 3.63) is 0 Å². The fraction of sp³-hybridized carbons (Fsp3) is 1.00. The van der Waals surface area contributed by atoms with Gasteiger partial charge in [0.05, 0.1) is 13.2 Å². The Morgan fingerprint density at radius 1 is 0.625 bits per heavy atom. The molecule has 0 radical (unpaired) electrons. The van der Waals surface area contributed by atoms with Crippen LogP contribution in [0.4, 0.5) is 0 Å². The lowest BCUT2D eigenvalue weighted by atomic mass is 9.94. The number of rotatable bonds is 3. The Bertz CT molecular complexity index is 389. The standard InChI is InChI=1S/C18H30O6/c19-15(13-11-21-17(23-13)7-3-1-4-8-17)16(20)14-12-22-18(24-14)9-5-2-6-10-18/h13-16,19-20H,1-12H2/t13-,14-,15-,16-/m1/s1. The third-order valence-electron chi connectivity index (χ3n) is 6.10. The van der Waals surface area contributed by atoms with Gasteiger partial charge >= 0.3 is 0 Å². The molecular weight excluding hydrogens is 312 g/mol. The van der Waals surface area contributed by atoms with E-state index < -0.39 is 36.0 Å². The summed E-state index contributed by atoms with van der Waals surface area (Å²) in [6, 6.07) is 0. The van der Waals surface area contributed by atoms with Crippen molar-refractivity contribution in [2.24, 2.45) is 0 Å². The summed E-state index contributed by atoms with van der Waals surface area (Å²) in [5.41, 5.74) is 0. The van der Waals surface area contributed by atoms with E-state index in [0.717, 1.165) is 51.4 Å². The molecule has 6 heteroatoms. The molecule has 138 valence electrons. The SMILES string of the molecule is O[C@@H]([C@H](O)[C@H]1COC2(CCCCC2)O1)[C@H]1COC2(CCCCC2)O1. The predicted octanol–water partition coefficient (Wildman–Crippen LogP) is 1.86. The van der Waals surface area contributed by atoms with Crippen molar-refractivity contribution in [3.8, 4) is 0 Å². The molecule has 0 aromatic carbocycles. The van der Waals surface area contributed by atoms with E-state index >= 15 is 0 Å². The molecule has 2 saturated carbocycles. The maximum absolute atomic E-state index is 10.6. The Labute approximate surface area is 143 Å². The predicted molar refractivity (Wildman–Crippen MR) is 85.3 cm³/mol. The monoisotopic (exact) mass is 342 g/mol. The van der Waals surface area contributed by atoms with Gasteiger partial charge in [-0.1, -0.05) is 12.8 Å². The molecule has 2 saturated heterocycles. The van der Waals surface area contributed by atoms with E-state index in [-0.39, 0.29) is 0 Å². The van der Waals surface area contributed by atoms with Gasteiger partial charge in [-0.25, -0.2) is 0 Å². The van der Waals surface area contributed by atoms with Gasteiger partial charge in [0.2, 0.25) is 0 Å². The van der Waals surface area contributed by atoms with Crippen LogP contribution in [0.3, 0.4) is 0 Å². The van der Waals surface area contributed by atoms with Crippen molar-refractivity contribution < 1.29 is 29.2 Å². The summed E-state index contributed by atoms with van der Waals surface area (Å²) >= 11 is 0. The molecular formula is C18H30O6. The molecule has 2 spiro atoms. The van der Waals surface area contributed by atoms with Crippen LogP contribution < -0.4 is 0 Å². The summed E-state index contributed by atoms with van der Waals surface area (Å²) in [6.45, 7) is 0.661. The fourth-order valence-electron chi connectivity index (χ4n) is 4.64. The maximum Gasteiger partial charge on any atom is 0.169 e. The Hall–Kier alpha value is -0.240. The number of hydrogen-bond donors (Lipinski definition) is 2. The minimum atomic E-state index is -1.02. The first-order chi connectivity index (χ1) is 11.6. The second-order valence-electron chi connectivity index (χ2n) is 7.86. The molecule has 2 aliphatic heterocycles. The molecule has 2 heterocycles. The average molecular weight is 342 g/mol. The highest BCUT2D eigenvalue weighted by atomic mass is 16.8. The molecule has 6 nitrogen and oxygen atoms in total. The average Bonchev–Trinajstić information content (AvgIpc) is 3.20. The van der Waals surface area contributed by atoms with Crippen LogP contribution >= 0.6 is 0 Å². The van der Waals surface area contributed by atoms with Gasteiger partial charge in [0.15, 0.2) is 11.6 Å². The zero-order chi connectivity index (χ0) is 16.6. The maximum atomic E-state index is 10.6. The van der Waals surface area contributed by atoms with E-state index in [1.807, 2.05) is 0 Å². The van der Waals surface area contributed by atoms with Gasteiger partial charge in [0.1, 0.15) is 24.4 Å². The lowest BCUT2D eigenvalue weighted by Crippen LogP contribution is -2.48. The summed E-state index contributed by atoms with van der Waals surface area (Å²) in [5, 5.41) is 21.2. The zero-order valence-electron chi connectivity index (χ0n) is 14.3. The molecule has 0 aromatic rings. The smallest absolute Gasteiger partial charge is 0.169 e. The lowest BCUT2D eigenvalue weighted by molar-refractivity contribution is -0.217. The molecule has 4 rings (SSSR count). The summed E-state index contributed by atoms with van der Waals surface area (Å²) < 4.78 is 23.8. The minimum Gasteiger partial charge on any atom is -0.387 e. The van der Waals surface area contributed by atoms with Crippen molar-refractivity contribution in [3.63, 3.8) is 0 Å². The number of aliphatic hydroxyl groups excluding tert-OH is 2. The van der Waals surface area contributed by atoms with E-state index in [4.69, 9.17) is 18.9 Å². The van der Waals surface area contributed by atoms with Crippen LogP contribution in [0, 0.1) is 0 Å². The third kappa shape index (κ3) is 3.24. The first kappa shape index (κ1) is 17.2. The summed E-state index contributed by atoms with van der Waals surface area (Å²) in [4.78, 5) is 0. The van der Waals surface area contributed by atoms with Crippen LogP contribution in [0.1, 0.15) is 64.2 Å². The Morgan fingerprint density at radius 2 is 1.00 bits per heavy atom. The molecule has 0 unspecified atom stereocenters. The van der Waals surface area contributed by atoms with E-state index in [1.165, 1.54) is 12.8 Å². The van der Waals surface area contributed by atoms with Gasteiger partial charge in [-0.3, -0.25) is 0 Å². The van der Waals surface area contributed by atoms with Gasteiger partial charge in [0.25, 0.3) is 0 Å². The lowest BCUT2D eigenvalue weighted by Gasteiger charge is -2.34.